The van der Waals surface area contributed by atoms with Gasteiger partial charge in [0.25, 0.3) is 11.8 Å². The number of pyridine rings is 1. The van der Waals surface area contributed by atoms with Gasteiger partial charge in [-0.2, -0.15) is 3.82 Å². The Hall–Kier alpha value is -1.82. The molecule has 0 fully saturated rings. The molecule has 0 bridgehead atoms. The van der Waals surface area contributed by atoms with Crippen molar-refractivity contribution in [2.45, 2.75) is 13.0 Å². The van der Waals surface area contributed by atoms with Crippen LogP contribution in [0.5, 0.6) is 17.4 Å². The molecule has 2 heterocycles. The highest BCUT2D eigenvalue weighted by Crippen LogP contribution is 2.35. The van der Waals surface area contributed by atoms with Crippen LogP contribution in [0.3, 0.4) is 0 Å². The van der Waals surface area contributed by atoms with Crippen LogP contribution >= 0.6 is 46.2 Å². The average molecular weight is 447 g/mol. The van der Waals surface area contributed by atoms with Gasteiger partial charge in [0.2, 0.25) is 5.17 Å². The fraction of sp³-hybridized carbons (Fsp3) is 0.133. The van der Waals surface area contributed by atoms with E-state index in [1.54, 1.807) is 31.2 Å². The molecule has 1 atom stereocenters. The van der Waals surface area contributed by atoms with Gasteiger partial charge in [-0.05, 0) is 50.1 Å². The second kappa shape index (κ2) is 8.91. The highest BCUT2D eigenvalue weighted by atomic mass is 35.5. The zero-order valence-corrected chi connectivity index (χ0v) is 16.9. The number of aromatic nitrogens is 1. The molecule has 7 nitrogen and oxygen atoms in total. The first-order valence-corrected chi connectivity index (χ1v) is 10.3. The van der Waals surface area contributed by atoms with Crippen LogP contribution < -0.4 is 14.8 Å². The van der Waals surface area contributed by atoms with Gasteiger partial charge in [0.1, 0.15) is 11.5 Å². The predicted octanol–water partition coefficient (Wildman–Crippen LogP) is 4.28. The number of thiol groups is 1. The van der Waals surface area contributed by atoms with Crippen LogP contribution in [0.25, 0.3) is 0 Å². The molecule has 0 saturated heterocycles. The third-order valence-electron chi connectivity index (χ3n) is 3.08. The third-order valence-corrected chi connectivity index (χ3v) is 5.71. The van der Waals surface area contributed by atoms with Gasteiger partial charge in [-0.1, -0.05) is 11.6 Å². The van der Waals surface area contributed by atoms with Gasteiger partial charge in [0.05, 0.1) is 16.0 Å². The summed E-state index contributed by atoms with van der Waals surface area (Å²) in [6.45, 7) is 1.61. The van der Waals surface area contributed by atoms with Gasteiger partial charge in [0, 0.05) is 17.0 Å². The smallest absolute Gasteiger partial charge is 0.266 e. The molecular weight excluding hydrogens is 435 g/mol. The van der Waals surface area contributed by atoms with E-state index in [1.807, 2.05) is 0 Å². The second-order valence-corrected chi connectivity index (χ2v) is 8.16. The van der Waals surface area contributed by atoms with E-state index in [2.05, 4.69) is 28.2 Å². The van der Waals surface area contributed by atoms with Crippen LogP contribution in [0, 0.1) is 5.82 Å². The maximum Gasteiger partial charge on any atom is 0.266 e. The van der Waals surface area contributed by atoms with Crippen LogP contribution in [-0.2, 0) is 4.79 Å². The molecule has 1 N–H and O–H groups in total. The summed E-state index contributed by atoms with van der Waals surface area (Å²) < 4.78 is 26.0. The summed E-state index contributed by atoms with van der Waals surface area (Å²) in [6.07, 6.45) is 0.533. The number of nitrogens with zero attached hydrogens (tertiary/aromatic N) is 3. The molecule has 2 aromatic rings. The fourth-order valence-corrected chi connectivity index (χ4v) is 3.76. The lowest BCUT2D eigenvalue weighted by Gasteiger charge is -2.14. The van der Waals surface area contributed by atoms with Gasteiger partial charge in [0.15, 0.2) is 11.9 Å². The monoisotopic (exact) mass is 446 g/mol. The lowest BCUT2D eigenvalue weighted by molar-refractivity contribution is -0.125. The lowest BCUT2D eigenvalue weighted by Crippen LogP contribution is -2.38. The van der Waals surface area contributed by atoms with Crippen molar-refractivity contribution in [1.29, 1.82) is 0 Å². The van der Waals surface area contributed by atoms with E-state index in [9.17, 15) is 9.18 Å². The molecular formula is C15H12ClFN4O3S3. The summed E-state index contributed by atoms with van der Waals surface area (Å²) >= 11 is 9.67. The topological polar surface area (TPSA) is 76.0 Å². The number of carbonyl (C=O) groups excluding carboxylic acids is 1. The number of amides is 1. The quantitative estimate of drug-likeness (QED) is 0.403. The van der Waals surface area contributed by atoms with Crippen molar-refractivity contribution in [2.75, 3.05) is 0 Å². The second-order valence-electron chi connectivity index (χ2n) is 5.08. The van der Waals surface area contributed by atoms with E-state index in [4.69, 9.17) is 21.1 Å². The minimum atomic E-state index is -0.755. The van der Waals surface area contributed by atoms with E-state index < -0.39 is 11.9 Å². The Labute approximate surface area is 172 Å². The number of benzene rings is 1. The van der Waals surface area contributed by atoms with Crippen molar-refractivity contribution in [1.82, 2.24) is 14.1 Å². The number of rotatable bonds is 5. The maximum absolute atomic E-state index is 13.7. The van der Waals surface area contributed by atoms with Crippen molar-refractivity contribution in [3.8, 4) is 17.4 Å². The Bertz CT molecular complexity index is 872. The number of hydrogen-bond donors (Lipinski definition) is 2. The largest absolute Gasteiger partial charge is 0.481 e. The van der Waals surface area contributed by atoms with Gasteiger partial charge in [-0.15, -0.1) is 5.10 Å². The Morgan fingerprint density at radius 2 is 2.07 bits per heavy atom. The van der Waals surface area contributed by atoms with Crippen molar-refractivity contribution < 1.29 is 18.7 Å². The van der Waals surface area contributed by atoms with Crippen LogP contribution in [0.15, 0.2) is 41.6 Å². The Morgan fingerprint density at radius 1 is 1.37 bits per heavy atom. The summed E-state index contributed by atoms with van der Waals surface area (Å²) in [7, 11) is 2.54. The number of amidine groups is 1. The lowest BCUT2D eigenvalue weighted by atomic mass is 10.3. The van der Waals surface area contributed by atoms with Crippen molar-refractivity contribution >= 4 is 57.3 Å². The van der Waals surface area contributed by atoms with Gasteiger partial charge < -0.3 is 9.47 Å². The maximum atomic E-state index is 13.7. The minimum Gasteiger partial charge on any atom is -0.481 e. The highest BCUT2D eigenvalue weighted by molar-refractivity contribution is 8.82. The Morgan fingerprint density at radius 3 is 2.70 bits per heavy atom. The standard InChI is InChI=1S/C15H12ClFN4O3S3/c1-8(13(22)19-15-20-21(25)27-26-15)23-10-2-4-11(5-3-10)24-14-12(17)6-9(16)7-18-14/h2-8,25H,1H3,(H,19,20,22)/t8-/m1/s1. The molecule has 12 heteroatoms. The SMILES string of the molecule is C[C@@H](Oc1ccc(Oc2ncc(Cl)cc2F)cc1)C(=O)NC1=NN(S)SS1. The van der Waals surface area contributed by atoms with Crippen LogP contribution in [0.4, 0.5) is 4.39 Å². The fourth-order valence-electron chi connectivity index (χ4n) is 1.87. The molecule has 0 saturated carbocycles. The van der Waals surface area contributed by atoms with E-state index in [0.717, 1.165) is 6.07 Å². The van der Waals surface area contributed by atoms with E-state index in [-0.39, 0.29) is 16.8 Å². The van der Waals surface area contributed by atoms with Gasteiger partial charge in [-0.3, -0.25) is 10.1 Å². The van der Waals surface area contributed by atoms with Crippen molar-refractivity contribution in [3.05, 3.63) is 47.4 Å². The summed E-state index contributed by atoms with van der Waals surface area (Å²) in [5, 5.41) is 7.22. The van der Waals surface area contributed by atoms with Gasteiger partial charge in [-0.25, -0.2) is 9.37 Å². The van der Waals surface area contributed by atoms with Crippen molar-refractivity contribution in [2.24, 2.45) is 5.10 Å². The van der Waals surface area contributed by atoms with Gasteiger partial charge >= 0.3 is 0 Å². The predicted molar refractivity (Wildman–Crippen MR) is 107 cm³/mol. The highest BCUT2D eigenvalue weighted by Gasteiger charge is 2.21. The number of hydrazone groups is 1. The molecule has 0 radical (unpaired) electrons. The van der Waals surface area contributed by atoms with E-state index >= 15 is 0 Å². The van der Waals surface area contributed by atoms with E-state index in [0.29, 0.717) is 16.7 Å². The summed E-state index contributed by atoms with van der Waals surface area (Å²) in [4.78, 5) is 15.9. The zero-order valence-electron chi connectivity index (χ0n) is 13.6. The molecule has 3 rings (SSSR count). The molecule has 1 aliphatic heterocycles. The Kier molecular flexibility index (Phi) is 6.58. The number of ether oxygens (including phenoxy) is 2. The molecule has 1 aliphatic rings. The molecule has 0 spiro atoms. The zero-order chi connectivity index (χ0) is 19.4. The number of carbonyl (C=O) groups is 1. The summed E-state index contributed by atoms with van der Waals surface area (Å²) in [5.41, 5.74) is 0. The van der Waals surface area contributed by atoms with Crippen LogP contribution in [-0.4, -0.2) is 26.0 Å². The average Bonchev–Trinajstić information content (AvgIpc) is 3.03. The number of halogens is 2. The molecule has 0 unspecified atom stereocenters. The molecule has 0 aliphatic carbocycles. The number of nitrogens with one attached hydrogen (secondary N) is 1. The van der Waals surface area contributed by atoms with Crippen LogP contribution in [0.2, 0.25) is 5.02 Å². The van der Waals surface area contributed by atoms with Crippen LogP contribution in [0.1, 0.15) is 6.92 Å². The summed E-state index contributed by atoms with van der Waals surface area (Å²) in [6, 6.07) is 7.45. The Balaban J connectivity index is 1.56. The van der Waals surface area contributed by atoms with Crippen molar-refractivity contribution in [3.63, 3.8) is 0 Å². The van der Waals surface area contributed by atoms with E-state index in [1.165, 1.54) is 31.8 Å². The normalized spacial score (nSPS) is 14.5. The minimum absolute atomic E-state index is 0.179. The molecule has 1 aromatic carbocycles. The molecule has 1 aromatic heterocycles. The first-order valence-electron chi connectivity index (χ1n) is 7.39. The number of hydrogen-bond acceptors (Lipinski definition) is 9. The molecule has 1 amide bonds. The summed E-state index contributed by atoms with van der Waals surface area (Å²) in [5.74, 6) is -0.403. The molecule has 142 valence electrons. The first kappa shape index (κ1) is 19.9. The third kappa shape index (κ3) is 5.58. The molecule has 27 heavy (non-hydrogen) atoms. The first-order chi connectivity index (χ1) is 12.9.